The smallest absolute Gasteiger partial charge is 0.870 e. The standard InChI is InChI=1S/C26H24Br2ClN3O5S2.C23H18Br2ClN3O3S.C13H16Br2ClNO5S2.C13H17Br2NO6S2.C13H9ClN2.Na.H2O/c1-3-11-38(34,35)32(39(36,37)12-4-2)22-10-9-21(27)23(24(22)28)25(33)20-15-31-26-19(20)13-17(14-30-26)16-5-7-18(29)8-6-16;1-2-9-33(31,32)29-19-8-7-18(24)20(21(19)25)22(30)17-12-28-23-16(17)10-14(11-27-23)13-3-5-15(26)6-4-13;1-3-7-23(19,20)17(24(21,22)8-4-2)10-6-5-9(14)11(12(10)15)13(16)18;1-3-7-23(19,20)16(24(21,22)8-4-2)10-6-5-9(14)11(12(10)15)13(17)18;14-12-3-1-9(2-4-12)11-7-10-5-6-15-13(10)16-8-11;;/h5-10,13-15H,3-4,11-12H2,1-2H3,(H,30,31);3-8,10-12,29H,2,9H2,1H3,(H,27,28);5-6H,3-4,7-8H2,1-2H3;5-6H,3-4,7-8H2,1-2H3,(H,17,18);1-8H,(H,15,16);;1H2/q;;;;;+1;/p-1. The third kappa shape index (κ3) is 29.2. The maximum Gasteiger partial charge on any atom is 1.00 e. The van der Waals surface area contributed by atoms with E-state index in [-0.39, 0.29) is 177 Å². The summed E-state index contributed by atoms with van der Waals surface area (Å²) in [6.07, 6.45) is 12.2. The van der Waals surface area contributed by atoms with Crippen molar-refractivity contribution in [2.45, 2.75) is 93.4 Å². The molecule has 13 rings (SSSR count). The number of carboxylic acids is 1. The van der Waals surface area contributed by atoms with E-state index in [4.69, 9.17) is 46.4 Å². The maximum absolute atomic E-state index is 13.9. The van der Waals surface area contributed by atoms with Crippen LogP contribution in [0.4, 0.5) is 22.7 Å². The zero-order chi connectivity index (χ0) is 101. The van der Waals surface area contributed by atoms with Gasteiger partial charge in [0, 0.05) is 114 Å². The van der Waals surface area contributed by atoms with E-state index in [1.165, 1.54) is 42.6 Å². The molecule has 0 unspecified atom stereocenters. The van der Waals surface area contributed by atoms with Crippen LogP contribution in [0.5, 0.6) is 0 Å². The number of carbonyl (C=O) groups is 4. The Kier molecular flexibility index (Phi) is 44.4. The van der Waals surface area contributed by atoms with Gasteiger partial charge in [-0.3, -0.25) is 19.1 Å². The van der Waals surface area contributed by atoms with Gasteiger partial charge in [-0.05, 0) is 310 Å². The number of aromatic carboxylic acids is 1. The van der Waals surface area contributed by atoms with Crippen molar-refractivity contribution in [3.8, 4) is 33.4 Å². The maximum atomic E-state index is 13.9. The fourth-order valence-electron chi connectivity index (χ4n) is 13.4. The number of aromatic amines is 3. The van der Waals surface area contributed by atoms with Gasteiger partial charge in [0.1, 0.15) is 16.9 Å². The van der Waals surface area contributed by atoms with Crippen LogP contribution in [0.3, 0.4) is 0 Å². The number of hydrogen-bond donors (Lipinski definition) is 5. The number of fused-ring (bicyclic) bond motifs is 3. The number of sulfonamides is 7. The Morgan fingerprint density at radius 2 is 0.652 bits per heavy atom. The van der Waals surface area contributed by atoms with Crippen LogP contribution < -0.4 is 45.4 Å². The summed E-state index contributed by atoms with van der Waals surface area (Å²) in [5.74, 6) is -4.26. The SMILES string of the molecule is CCCS(=O)(=O)N(c1ccc(Br)c(C(=O)Cl)c1Br)S(=O)(=O)CCC.CCCS(=O)(=O)N(c1ccc(Br)c(C(=O)O)c1Br)S(=O)(=O)CCC.CCCS(=O)(=O)N(c1ccc(Br)c(C(=O)c2c[nH]c3ncc(-c4ccc(Cl)cc4)cc23)c1Br)S(=O)(=O)CCC.CCCS(=O)(=O)Nc1ccc(Br)c(C(=O)c2c[nH]c3ncc(-c4ccc(Cl)cc4)cc23)c1Br.Clc1ccc(-c2cnc3[nH]ccc3c2)cc1.[Na+].[OH-]. The minimum absolute atomic E-state index is 0. The second-order valence-corrected chi connectivity index (χ2v) is 51.9. The predicted octanol–water partition coefficient (Wildman–Crippen LogP) is 21.5. The third-order valence-corrected chi connectivity index (χ3v) is 41.4. The molecule has 7 aromatic carbocycles. The summed E-state index contributed by atoms with van der Waals surface area (Å²) in [6, 6.07) is 41.5. The number of carboxylic acid groups (broad SMARTS) is 1. The number of nitrogens with zero attached hydrogens (tertiary/aromatic N) is 6. The summed E-state index contributed by atoms with van der Waals surface area (Å²) >= 11 is 49.4. The number of benzene rings is 7. The van der Waals surface area contributed by atoms with E-state index >= 15 is 0 Å². The summed E-state index contributed by atoms with van der Waals surface area (Å²) < 4.78 is 183. The van der Waals surface area contributed by atoms with Crippen LogP contribution in [-0.4, -0.2) is 162 Å². The largest absolute Gasteiger partial charge is 1.00 e. The first-order valence-electron chi connectivity index (χ1n) is 40.8. The first-order chi connectivity index (χ1) is 63.9. The minimum Gasteiger partial charge on any atom is -0.870 e. The molecule has 6 heterocycles. The number of carbonyl (C=O) groups excluding carboxylic acids is 3. The zero-order valence-electron chi connectivity index (χ0n) is 74.0. The van der Waals surface area contributed by atoms with Gasteiger partial charge < -0.3 is 25.5 Å². The van der Waals surface area contributed by atoms with Gasteiger partial charge in [-0.2, -0.15) is 11.1 Å². The van der Waals surface area contributed by atoms with E-state index in [1.807, 2.05) is 79.1 Å². The number of ketones is 2. The molecule has 0 amide bonds. The number of H-pyrrole nitrogens is 3. The molecule has 734 valence electrons. The van der Waals surface area contributed by atoms with Crippen LogP contribution >= 0.6 is 174 Å². The van der Waals surface area contributed by atoms with Crippen molar-refractivity contribution in [1.82, 2.24) is 29.9 Å². The van der Waals surface area contributed by atoms with Crippen LogP contribution in [0.15, 0.2) is 219 Å². The number of anilines is 4. The number of halogens is 12. The van der Waals surface area contributed by atoms with E-state index < -0.39 is 87.2 Å². The monoisotopic (exact) mass is 2620 g/mol. The average Bonchev–Trinajstić information content (AvgIpc) is 1.50. The predicted molar refractivity (Wildman–Crippen MR) is 573 cm³/mol. The van der Waals surface area contributed by atoms with Crippen molar-refractivity contribution in [2.24, 2.45) is 0 Å². The fraction of sp³-hybridized carbons (Fsp3) is 0.239. The average molecular weight is 2630 g/mol. The quantitative estimate of drug-likeness (QED) is 0.0142. The van der Waals surface area contributed by atoms with Crippen LogP contribution in [-0.2, 0) is 70.2 Å². The van der Waals surface area contributed by atoms with Gasteiger partial charge in [-0.15, -0.1) is 0 Å². The summed E-state index contributed by atoms with van der Waals surface area (Å²) in [5.41, 5.74) is 8.12. The molecule has 0 spiro atoms. The first kappa shape index (κ1) is 119. The van der Waals surface area contributed by atoms with Crippen LogP contribution in [0.25, 0.3) is 66.5 Å². The van der Waals surface area contributed by atoms with Gasteiger partial charge in [0.25, 0.3) is 5.24 Å². The van der Waals surface area contributed by atoms with Crippen molar-refractivity contribution < 1.29 is 118 Å². The third-order valence-electron chi connectivity index (χ3n) is 19.3. The topological polar surface area (TPSA) is 465 Å². The molecule has 0 aliphatic carbocycles. The molecule has 0 aliphatic rings. The van der Waals surface area contributed by atoms with Crippen LogP contribution in [0, 0.1) is 0 Å². The summed E-state index contributed by atoms with van der Waals surface area (Å²) in [4.78, 5) is 72.9. The van der Waals surface area contributed by atoms with E-state index in [9.17, 15) is 83.2 Å². The molecule has 0 fully saturated rings. The minimum atomic E-state index is -4.25. The molecule has 0 saturated carbocycles. The molecule has 138 heavy (non-hydrogen) atoms. The van der Waals surface area contributed by atoms with E-state index in [0.717, 1.165) is 49.4 Å². The Morgan fingerprint density at radius 3 is 0.978 bits per heavy atom. The number of pyridine rings is 3. The number of rotatable bonds is 34. The molecule has 30 nitrogen and oxygen atoms in total. The Bertz CT molecular complexity index is 7310. The Hall–Kier alpha value is -6.10. The normalized spacial score (nSPS) is 11.7. The van der Waals surface area contributed by atoms with E-state index in [0.29, 0.717) is 84.4 Å². The van der Waals surface area contributed by atoms with Gasteiger partial charge in [0.05, 0.1) is 103 Å². The summed E-state index contributed by atoms with van der Waals surface area (Å²) in [7, 11) is -28.6. The second kappa shape index (κ2) is 51.6. The molecule has 0 aliphatic heterocycles. The zero-order valence-corrected chi connectivity index (χ0v) is 97.5. The van der Waals surface area contributed by atoms with Gasteiger partial charge >= 0.3 is 35.5 Å². The van der Waals surface area contributed by atoms with Crippen molar-refractivity contribution in [3.05, 3.63) is 267 Å². The van der Waals surface area contributed by atoms with Crippen molar-refractivity contribution in [3.63, 3.8) is 0 Å². The number of nitrogens with one attached hydrogen (secondary N) is 4. The van der Waals surface area contributed by atoms with Gasteiger partial charge in [-0.25, -0.2) is 78.7 Å². The van der Waals surface area contributed by atoms with Gasteiger partial charge in [-0.1, -0.05) is 120 Å². The Balaban J connectivity index is 0.000000240. The molecule has 0 radical (unpaired) electrons. The molecular weight excluding hydrogens is 2550 g/mol. The van der Waals surface area contributed by atoms with Crippen LogP contribution in [0.1, 0.15) is 146 Å². The number of hydrogen-bond acceptors (Lipinski definition) is 22. The van der Waals surface area contributed by atoms with Crippen molar-refractivity contribution in [2.75, 3.05) is 56.1 Å². The van der Waals surface area contributed by atoms with Crippen LogP contribution in [0.2, 0.25) is 15.1 Å². The van der Waals surface area contributed by atoms with E-state index in [2.05, 4.69) is 168 Å². The summed E-state index contributed by atoms with van der Waals surface area (Å²) in [6.45, 7) is 11.6. The molecule has 6 aromatic heterocycles. The van der Waals surface area contributed by atoms with E-state index in [1.54, 1.807) is 103 Å². The van der Waals surface area contributed by atoms with Gasteiger partial charge in [0.2, 0.25) is 70.2 Å². The number of aromatic nitrogens is 6. The molecule has 13 aromatic rings. The molecule has 50 heteroatoms. The second-order valence-electron chi connectivity index (χ2n) is 29.5. The first-order valence-corrected chi connectivity index (χ1v) is 60.0. The fourth-order valence-corrected chi connectivity index (χ4v) is 34.3. The Morgan fingerprint density at radius 1 is 0.362 bits per heavy atom. The molecule has 6 N–H and O–H groups in total. The van der Waals surface area contributed by atoms with Crippen molar-refractivity contribution >= 4 is 323 Å². The molecule has 0 atom stereocenters. The molecular formula is C88H85Br8Cl4N10NaO20S7. The molecule has 0 saturated heterocycles. The van der Waals surface area contributed by atoms with Crippen molar-refractivity contribution in [1.29, 1.82) is 0 Å². The Labute approximate surface area is 909 Å². The summed E-state index contributed by atoms with van der Waals surface area (Å²) in [5, 5.41) is 12.7. The van der Waals surface area contributed by atoms with Gasteiger partial charge in [0.15, 0.2) is 11.6 Å². The molecule has 0 bridgehead atoms.